The van der Waals surface area contributed by atoms with Gasteiger partial charge in [0.2, 0.25) is 6.10 Å². The predicted molar refractivity (Wildman–Crippen MR) is 249 cm³/mol. The minimum Gasteiger partial charge on any atom is -0.463 e. The molecule has 0 N–H and O–H groups in total. The normalized spacial score (nSPS) is 41.6. The molecule has 3 saturated heterocycles. The first-order valence-electron chi connectivity index (χ1n) is 27.0. The van der Waals surface area contributed by atoms with E-state index in [4.69, 9.17) is 28.4 Å². The van der Waals surface area contributed by atoms with Crippen LogP contribution in [0.4, 0.5) is 0 Å². The van der Waals surface area contributed by atoms with E-state index in [0.29, 0.717) is 48.9 Å². The number of carbonyl (C=O) groups is 6. The van der Waals surface area contributed by atoms with Crippen molar-refractivity contribution in [3.05, 3.63) is 0 Å². The number of rotatable bonds is 17. The molecule has 0 aromatic rings. The summed E-state index contributed by atoms with van der Waals surface area (Å²) < 4.78 is 37.7. The number of esters is 5. The first kappa shape index (κ1) is 49.1. The molecule has 3 aliphatic heterocycles. The lowest BCUT2D eigenvalue weighted by molar-refractivity contribution is -0.218. The number of nitriles is 1. The summed E-state index contributed by atoms with van der Waals surface area (Å²) in [6, 6.07) is 2.40. The van der Waals surface area contributed by atoms with Gasteiger partial charge in [0.15, 0.2) is 0 Å². The van der Waals surface area contributed by atoms with Gasteiger partial charge in [-0.2, -0.15) is 5.26 Å². The molecule has 69 heavy (non-hydrogen) atoms. The molecule has 13 heteroatoms. The minimum absolute atomic E-state index is 0.0469. The fourth-order valence-electron chi connectivity index (χ4n) is 18.1. The van der Waals surface area contributed by atoms with E-state index in [2.05, 4.69) is 19.9 Å². The summed E-state index contributed by atoms with van der Waals surface area (Å²) in [7, 11) is 0. The fraction of sp³-hybridized carbons (Fsp3) is 0.875. The summed E-state index contributed by atoms with van der Waals surface area (Å²) in [5.41, 5.74) is -7.56. The van der Waals surface area contributed by atoms with Crippen LogP contribution in [0.15, 0.2) is 0 Å². The van der Waals surface area contributed by atoms with Crippen molar-refractivity contribution in [2.24, 2.45) is 80.3 Å². The molecule has 10 bridgehead atoms. The summed E-state index contributed by atoms with van der Waals surface area (Å²) in [5, 5.41) is 10.3. The Balaban J connectivity index is 0.964. The highest BCUT2D eigenvalue weighted by molar-refractivity contribution is 5.87. The minimum atomic E-state index is -1.61. The first-order valence-corrected chi connectivity index (χ1v) is 27.0. The van der Waals surface area contributed by atoms with Crippen molar-refractivity contribution in [2.45, 2.75) is 219 Å². The smallest absolute Gasteiger partial charge is 0.347 e. The largest absolute Gasteiger partial charge is 0.463 e. The van der Waals surface area contributed by atoms with Gasteiger partial charge in [0.25, 0.3) is 0 Å². The van der Waals surface area contributed by atoms with Crippen molar-refractivity contribution in [3.8, 4) is 6.07 Å². The molecule has 9 atom stereocenters. The number of Topliss-reactive ketones (excluding diaryl/α,β-unsaturated/α-hetero) is 1. The van der Waals surface area contributed by atoms with Gasteiger partial charge in [-0.1, -0.05) is 6.92 Å². The lowest BCUT2D eigenvalue weighted by Crippen LogP contribution is -2.60. The van der Waals surface area contributed by atoms with Crippen LogP contribution in [0.2, 0.25) is 0 Å². The van der Waals surface area contributed by atoms with E-state index in [1.165, 1.54) is 25.7 Å². The highest BCUT2D eigenvalue weighted by Crippen LogP contribution is 2.65. The number of ether oxygens (including phenoxy) is 6. The molecule has 9 saturated carbocycles. The summed E-state index contributed by atoms with van der Waals surface area (Å²) in [6.07, 6.45) is 10.9. The van der Waals surface area contributed by atoms with Crippen molar-refractivity contribution in [3.63, 3.8) is 0 Å². The summed E-state index contributed by atoms with van der Waals surface area (Å²) in [4.78, 5) is 86.3. The lowest BCUT2D eigenvalue weighted by atomic mass is 9.46. The van der Waals surface area contributed by atoms with Crippen LogP contribution >= 0.6 is 0 Å². The Morgan fingerprint density at radius 2 is 1.26 bits per heavy atom. The molecule has 9 unspecified atom stereocenters. The third-order valence-electron chi connectivity index (χ3n) is 21.0. The van der Waals surface area contributed by atoms with Gasteiger partial charge >= 0.3 is 29.8 Å². The van der Waals surface area contributed by atoms with Crippen molar-refractivity contribution in [1.29, 1.82) is 5.26 Å². The molecule has 0 aromatic carbocycles. The monoisotopic (exact) mass is 958 g/mol. The van der Waals surface area contributed by atoms with E-state index in [1.807, 2.05) is 13.8 Å². The average molecular weight is 958 g/mol. The third-order valence-corrected chi connectivity index (χ3v) is 21.0. The van der Waals surface area contributed by atoms with Gasteiger partial charge in [0.05, 0.1) is 53.0 Å². The Kier molecular flexibility index (Phi) is 12.1. The zero-order chi connectivity index (χ0) is 49.3. The number of fused-ring (bicyclic) bond motifs is 5. The summed E-state index contributed by atoms with van der Waals surface area (Å²) in [6.45, 7) is 14.9. The molecule has 13 nitrogen and oxygen atoms in total. The Morgan fingerprint density at radius 1 is 0.696 bits per heavy atom. The van der Waals surface area contributed by atoms with Crippen molar-refractivity contribution in [2.75, 3.05) is 6.61 Å². The third kappa shape index (κ3) is 8.27. The maximum absolute atomic E-state index is 15.5. The van der Waals surface area contributed by atoms with E-state index in [0.717, 1.165) is 44.9 Å². The zero-order valence-corrected chi connectivity index (χ0v) is 42.7. The molecular formula is C56H79NO12. The highest BCUT2D eigenvalue weighted by Gasteiger charge is 2.65. The second-order valence-electron chi connectivity index (χ2n) is 26.9. The number of hydrogen-bond donors (Lipinski definition) is 0. The number of hydrogen-bond acceptors (Lipinski definition) is 13. The average Bonchev–Trinajstić information content (AvgIpc) is 4.05. The highest BCUT2D eigenvalue weighted by atomic mass is 16.6. The maximum atomic E-state index is 15.5. The summed E-state index contributed by atoms with van der Waals surface area (Å²) >= 11 is 0. The number of cyclic esters (lactones) is 1. The molecule has 12 aliphatic rings. The van der Waals surface area contributed by atoms with Crippen LogP contribution in [0.3, 0.4) is 0 Å². The SMILES string of the molecule is CCC(C)(CC(C)(CC(C)(CC(C)(C)C(=O)OC(C)(C)C12CC3CC(CC(C3)C1)C2)C(=O)OC1CCOC1=O)C(=O)OC1CC2OC1C1CCC(=O)C21)C(=O)OC1(CC#N)C2CC3CC(C2)CC1C3. The molecule has 380 valence electrons. The number of ketones is 1. The summed E-state index contributed by atoms with van der Waals surface area (Å²) in [5.74, 6) is 0.249. The molecule has 0 aromatic heterocycles. The van der Waals surface area contributed by atoms with Crippen LogP contribution in [0.5, 0.6) is 0 Å². The van der Waals surface area contributed by atoms with Gasteiger partial charge < -0.3 is 28.4 Å². The van der Waals surface area contributed by atoms with Gasteiger partial charge in [-0.3, -0.25) is 24.0 Å². The zero-order valence-electron chi connectivity index (χ0n) is 42.7. The van der Waals surface area contributed by atoms with E-state index in [-0.39, 0.29) is 86.1 Å². The quantitative estimate of drug-likeness (QED) is 0.0995. The molecule has 9 aliphatic carbocycles. The van der Waals surface area contributed by atoms with Crippen molar-refractivity contribution in [1.82, 2.24) is 0 Å². The standard InChI is InChI=1S/C56H79NO12/c1-9-52(6,49(63)69-56(13-14-57)36-20-31-16-32(22-36)23-37(56)21-31)29-54(8,48(62)67-42-24-41-43-38(44(42)65-41)10-11-39(43)58)30-53(7,47(61)66-40-12-15-64-45(40)59)28-50(2,3)46(60)68-51(4,5)55-25-33-17-34(26-55)19-35(18-33)27-55/h31-38,40-44H,9-13,15-30H2,1-8H3. The second kappa shape index (κ2) is 17.0. The van der Waals surface area contributed by atoms with Crippen LogP contribution in [-0.4, -0.2) is 77.9 Å². The molecule has 0 amide bonds. The van der Waals surface area contributed by atoms with Crippen LogP contribution < -0.4 is 0 Å². The Hall–Kier alpha value is -3.53. The topological polar surface area (TPSA) is 182 Å². The van der Waals surface area contributed by atoms with E-state index < -0.39 is 81.0 Å². The Morgan fingerprint density at radius 3 is 1.83 bits per heavy atom. The van der Waals surface area contributed by atoms with Crippen LogP contribution in [0.25, 0.3) is 0 Å². The van der Waals surface area contributed by atoms with Crippen molar-refractivity contribution < 1.29 is 57.2 Å². The molecule has 12 rings (SSSR count). The number of carbonyl (C=O) groups excluding carboxylic acids is 6. The molecule has 0 spiro atoms. The molecule has 12 fully saturated rings. The van der Waals surface area contributed by atoms with Crippen LogP contribution in [0.1, 0.15) is 184 Å². The Bertz CT molecular complexity index is 2110. The molecule has 0 radical (unpaired) electrons. The lowest BCUT2D eigenvalue weighted by Gasteiger charge is -2.61. The van der Waals surface area contributed by atoms with Crippen LogP contribution in [-0.2, 0) is 57.2 Å². The van der Waals surface area contributed by atoms with E-state index in [9.17, 15) is 19.6 Å². The maximum Gasteiger partial charge on any atom is 0.347 e. The van der Waals surface area contributed by atoms with Crippen LogP contribution in [0, 0.1) is 91.7 Å². The molecular weight excluding hydrogens is 879 g/mol. The van der Waals surface area contributed by atoms with Gasteiger partial charge in [-0.05, 0) is 181 Å². The van der Waals surface area contributed by atoms with Gasteiger partial charge in [0.1, 0.15) is 23.1 Å². The van der Waals surface area contributed by atoms with Crippen molar-refractivity contribution >= 4 is 35.6 Å². The predicted octanol–water partition coefficient (Wildman–Crippen LogP) is 9.34. The number of nitrogens with zero attached hydrogens (tertiary/aromatic N) is 1. The second-order valence-corrected chi connectivity index (χ2v) is 26.9. The van der Waals surface area contributed by atoms with Gasteiger partial charge in [-0.25, -0.2) is 4.79 Å². The first-order chi connectivity index (χ1) is 32.4. The van der Waals surface area contributed by atoms with E-state index in [1.54, 1.807) is 27.7 Å². The Labute approximate surface area is 409 Å². The van der Waals surface area contributed by atoms with Gasteiger partial charge in [-0.15, -0.1) is 0 Å². The molecule has 3 heterocycles. The van der Waals surface area contributed by atoms with Gasteiger partial charge in [0, 0.05) is 48.3 Å². The fourth-order valence-corrected chi connectivity index (χ4v) is 18.1. The van der Waals surface area contributed by atoms with E-state index >= 15 is 14.4 Å².